The van der Waals surface area contributed by atoms with Gasteiger partial charge in [0, 0.05) is 23.7 Å². The Morgan fingerprint density at radius 3 is 2.94 bits per heavy atom. The van der Waals surface area contributed by atoms with Crippen LogP contribution in [0.4, 0.5) is 6.01 Å². The summed E-state index contributed by atoms with van der Waals surface area (Å²) in [6.07, 6.45) is 0. The van der Waals surface area contributed by atoms with Crippen LogP contribution in [0.2, 0.25) is 5.02 Å². The van der Waals surface area contributed by atoms with Crippen molar-refractivity contribution in [2.75, 3.05) is 32.5 Å². The van der Waals surface area contributed by atoms with Gasteiger partial charge in [0.05, 0.1) is 0 Å². The van der Waals surface area contributed by atoms with E-state index in [2.05, 4.69) is 20.4 Å². The van der Waals surface area contributed by atoms with Gasteiger partial charge in [-0.05, 0) is 26.2 Å². The molecule has 0 atom stereocenters. The third-order valence-corrected chi connectivity index (χ3v) is 2.58. The zero-order chi connectivity index (χ0) is 13.0. The Morgan fingerprint density at radius 1 is 1.39 bits per heavy atom. The van der Waals surface area contributed by atoms with E-state index in [4.69, 9.17) is 16.1 Å². The molecule has 96 valence electrons. The van der Waals surface area contributed by atoms with Gasteiger partial charge in [0.1, 0.15) is 0 Å². The van der Waals surface area contributed by atoms with Crippen LogP contribution in [-0.2, 0) is 0 Å². The predicted octanol–water partition coefficient (Wildman–Crippen LogP) is 2.36. The van der Waals surface area contributed by atoms with Crippen LogP contribution in [0.5, 0.6) is 0 Å². The molecule has 0 bridgehead atoms. The molecule has 0 unspecified atom stereocenters. The van der Waals surface area contributed by atoms with Crippen molar-refractivity contribution in [2.45, 2.75) is 0 Å². The average Bonchev–Trinajstić information content (AvgIpc) is 2.77. The van der Waals surface area contributed by atoms with Crippen molar-refractivity contribution < 1.29 is 4.52 Å². The topological polar surface area (TPSA) is 54.2 Å². The molecule has 5 nitrogen and oxygen atoms in total. The van der Waals surface area contributed by atoms with Gasteiger partial charge < -0.3 is 14.7 Å². The monoisotopic (exact) mass is 266 g/mol. The highest BCUT2D eigenvalue weighted by Gasteiger charge is 2.08. The lowest BCUT2D eigenvalue weighted by atomic mass is 10.2. The molecular formula is C12H15ClN4O. The van der Waals surface area contributed by atoms with Crippen LogP contribution >= 0.6 is 11.6 Å². The third-order valence-electron chi connectivity index (χ3n) is 2.34. The minimum absolute atomic E-state index is 0.423. The first-order valence-corrected chi connectivity index (χ1v) is 6.01. The van der Waals surface area contributed by atoms with Gasteiger partial charge in [0.2, 0.25) is 5.82 Å². The van der Waals surface area contributed by atoms with Gasteiger partial charge in [-0.15, -0.1) is 0 Å². The fourth-order valence-electron chi connectivity index (χ4n) is 1.43. The van der Waals surface area contributed by atoms with Gasteiger partial charge in [-0.25, -0.2) is 0 Å². The zero-order valence-corrected chi connectivity index (χ0v) is 11.1. The van der Waals surface area contributed by atoms with E-state index in [9.17, 15) is 0 Å². The highest BCUT2D eigenvalue weighted by atomic mass is 35.5. The molecule has 0 aliphatic rings. The second-order valence-electron chi connectivity index (χ2n) is 4.16. The summed E-state index contributed by atoms with van der Waals surface area (Å²) >= 11 is 5.91. The number of anilines is 1. The van der Waals surface area contributed by atoms with Crippen molar-refractivity contribution in [3.63, 3.8) is 0 Å². The van der Waals surface area contributed by atoms with Crippen molar-refractivity contribution in [1.29, 1.82) is 0 Å². The van der Waals surface area contributed by atoms with Crippen molar-refractivity contribution in [1.82, 2.24) is 15.0 Å². The van der Waals surface area contributed by atoms with E-state index in [0.29, 0.717) is 16.9 Å². The van der Waals surface area contributed by atoms with Crippen LogP contribution in [0, 0.1) is 0 Å². The maximum absolute atomic E-state index is 5.91. The van der Waals surface area contributed by atoms with Crippen LogP contribution in [0.3, 0.4) is 0 Å². The van der Waals surface area contributed by atoms with E-state index in [0.717, 1.165) is 18.7 Å². The van der Waals surface area contributed by atoms with E-state index in [-0.39, 0.29) is 0 Å². The fraction of sp³-hybridized carbons (Fsp3) is 0.333. The van der Waals surface area contributed by atoms with Crippen molar-refractivity contribution >= 4 is 17.6 Å². The molecule has 1 aromatic heterocycles. The number of likely N-dealkylation sites (N-methyl/N-ethyl adjacent to an activating group) is 1. The van der Waals surface area contributed by atoms with Crippen LogP contribution in [0.25, 0.3) is 11.4 Å². The Labute approximate surface area is 111 Å². The maximum Gasteiger partial charge on any atom is 0.321 e. The second kappa shape index (κ2) is 5.84. The first kappa shape index (κ1) is 12.9. The molecule has 0 fully saturated rings. The van der Waals surface area contributed by atoms with Gasteiger partial charge in [0.25, 0.3) is 0 Å². The normalized spacial score (nSPS) is 10.9. The smallest absolute Gasteiger partial charge is 0.321 e. The number of aromatic nitrogens is 2. The molecule has 18 heavy (non-hydrogen) atoms. The molecule has 0 spiro atoms. The summed E-state index contributed by atoms with van der Waals surface area (Å²) in [6, 6.07) is 7.78. The Hall–Kier alpha value is -1.59. The third kappa shape index (κ3) is 3.45. The molecule has 0 saturated carbocycles. The summed E-state index contributed by atoms with van der Waals surface area (Å²) in [4.78, 5) is 6.32. The molecule has 2 rings (SSSR count). The van der Waals surface area contributed by atoms with Gasteiger partial charge in [0.15, 0.2) is 0 Å². The van der Waals surface area contributed by atoms with Gasteiger partial charge >= 0.3 is 6.01 Å². The molecule has 1 aromatic carbocycles. The molecular weight excluding hydrogens is 252 g/mol. The molecule has 0 saturated heterocycles. The standard InChI is InChI=1S/C12H15ClN4O/c1-17(2)7-6-14-12-15-11(16-18-12)9-4-3-5-10(13)8-9/h3-5,8H,6-7H2,1-2H3,(H,14,15,16). The highest BCUT2D eigenvalue weighted by molar-refractivity contribution is 6.30. The number of rotatable bonds is 5. The largest absolute Gasteiger partial charge is 0.336 e. The lowest BCUT2D eigenvalue weighted by molar-refractivity contribution is 0.410. The van der Waals surface area contributed by atoms with Crippen LogP contribution in [0.1, 0.15) is 0 Å². The first-order chi connectivity index (χ1) is 8.65. The molecule has 1 heterocycles. The minimum atomic E-state index is 0.423. The predicted molar refractivity (Wildman–Crippen MR) is 71.8 cm³/mol. The maximum atomic E-state index is 5.91. The molecule has 0 radical (unpaired) electrons. The lowest BCUT2D eigenvalue weighted by Crippen LogP contribution is -2.20. The zero-order valence-electron chi connectivity index (χ0n) is 10.4. The van der Waals surface area contributed by atoms with E-state index in [1.807, 2.05) is 26.2 Å². The van der Waals surface area contributed by atoms with E-state index >= 15 is 0 Å². The molecule has 0 aliphatic carbocycles. The molecule has 6 heteroatoms. The van der Waals surface area contributed by atoms with Gasteiger partial charge in [-0.1, -0.05) is 28.9 Å². The second-order valence-corrected chi connectivity index (χ2v) is 4.60. The first-order valence-electron chi connectivity index (χ1n) is 5.63. The number of hydrogen-bond donors (Lipinski definition) is 1. The number of benzene rings is 1. The Balaban J connectivity index is 2.02. The van der Waals surface area contributed by atoms with Gasteiger partial charge in [-0.3, -0.25) is 0 Å². The molecule has 0 aliphatic heterocycles. The van der Waals surface area contributed by atoms with E-state index < -0.39 is 0 Å². The lowest BCUT2D eigenvalue weighted by Gasteiger charge is -2.07. The quantitative estimate of drug-likeness (QED) is 0.900. The van der Waals surface area contributed by atoms with Crippen molar-refractivity contribution in [3.8, 4) is 11.4 Å². The summed E-state index contributed by atoms with van der Waals surface area (Å²) in [5, 5.41) is 7.62. The summed E-state index contributed by atoms with van der Waals surface area (Å²) in [5.74, 6) is 0.532. The molecule has 2 aromatic rings. The number of halogens is 1. The highest BCUT2D eigenvalue weighted by Crippen LogP contribution is 2.20. The van der Waals surface area contributed by atoms with Crippen molar-refractivity contribution in [2.24, 2.45) is 0 Å². The number of nitrogens with zero attached hydrogens (tertiary/aromatic N) is 3. The Bertz CT molecular complexity index is 512. The van der Waals surface area contributed by atoms with Gasteiger partial charge in [-0.2, -0.15) is 4.98 Å². The average molecular weight is 267 g/mol. The van der Waals surface area contributed by atoms with Crippen LogP contribution in [-0.4, -0.2) is 42.2 Å². The van der Waals surface area contributed by atoms with E-state index in [1.165, 1.54) is 0 Å². The summed E-state index contributed by atoms with van der Waals surface area (Å²) in [6.45, 7) is 1.65. The summed E-state index contributed by atoms with van der Waals surface area (Å²) in [5.41, 5.74) is 0.840. The molecule has 0 amide bonds. The Morgan fingerprint density at radius 2 is 2.22 bits per heavy atom. The summed E-state index contributed by atoms with van der Waals surface area (Å²) in [7, 11) is 4.01. The van der Waals surface area contributed by atoms with E-state index in [1.54, 1.807) is 12.1 Å². The van der Waals surface area contributed by atoms with Crippen molar-refractivity contribution in [3.05, 3.63) is 29.3 Å². The minimum Gasteiger partial charge on any atom is -0.336 e. The number of nitrogens with one attached hydrogen (secondary N) is 1. The van der Waals surface area contributed by atoms with Crippen LogP contribution in [0.15, 0.2) is 28.8 Å². The fourth-order valence-corrected chi connectivity index (χ4v) is 1.62. The Kier molecular flexibility index (Phi) is 4.17. The SMILES string of the molecule is CN(C)CCNc1nc(-c2cccc(Cl)c2)no1. The van der Waals surface area contributed by atoms with Crippen LogP contribution < -0.4 is 5.32 Å². The summed E-state index contributed by atoms with van der Waals surface area (Å²) < 4.78 is 5.11. The molecule has 1 N–H and O–H groups in total. The number of hydrogen-bond acceptors (Lipinski definition) is 5.